The summed E-state index contributed by atoms with van der Waals surface area (Å²) in [6.07, 6.45) is 1.57. The largest absolute Gasteiger partial charge is 0.477 e. The van der Waals surface area contributed by atoms with Crippen molar-refractivity contribution < 1.29 is 18.7 Å². The molecule has 0 spiro atoms. The van der Waals surface area contributed by atoms with Crippen molar-refractivity contribution in [3.8, 4) is 17.3 Å². The Morgan fingerprint density at radius 3 is 2.93 bits per heavy atom. The molecule has 0 fully saturated rings. The lowest BCUT2D eigenvalue weighted by atomic mass is 10.2. The Bertz CT molecular complexity index is 950. The molecule has 3 heterocycles. The van der Waals surface area contributed by atoms with E-state index in [4.69, 9.17) is 9.15 Å². The highest BCUT2D eigenvalue weighted by Gasteiger charge is 2.16. The van der Waals surface area contributed by atoms with Gasteiger partial charge in [0.2, 0.25) is 11.8 Å². The number of anilines is 1. The van der Waals surface area contributed by atoms with Crippen molar-refractivity contribution in [3.63, 3.8) is 0 Å². The first-order valence-corrected chi connectivity index (χ1v) is 9.13. The van der Waals surface area contributed by atoms with Gasteiger partial charge < -0.3 is 14.5 Å². The van der Waals surface area contributed by atoms with Crippen LogP contribution in [0.25, 0.3) is 11.5 Å². The van der Waals surface area contributed by atoms with E-state index in [1.54, 1.807) is 35.8 Å². The monoisotopic (exact) mass is 386 g/mol. The van der Waals surface area contributed by atoms with Crippen LogP contribution in [0.1, 0.15) is 30.0 Å². The van der Waals surface area contributed by atoms with Crippen LogP contribution in [0.5, 0.6) is 5.88 Å². The van der Waals surface area contributed by atoms with Crippen LogP contribution >= 0.6 is 11.3 Å². The summed E-state index contributed by atoms with van der Waals surface area (Å²) < 4.78 is 11.0. The SMILES string of the molecule is CCOc1ncccc1C(=O)Nc1nc(-c2ccc(CNC(C)=O)o2)cs1. The first-order valence-electron chi connectivity index (χ1n) is 8.25. The number of nitrogens with one attached hydrogen (secondary N) is 2. The highest BCUT2D eigenvalue weighted by Crippen LogP contribution is 2.27. The number of hydrogen-bond donors (Lipinski definition) is 2. The van der Waals surface area contributed by atoms with Crippen molar-refractivity contribution in [1.29, 1.82) is 0 Å². The average molecular weight is 386 g/mol. The van der Waals surface area contributed by atoms with E-state index in [2.05, 4.69) is 20.6 Å². The third kappa shape index (κ3) is 4.70. The number of carbonyl (C=O) groups excluding carboxylic acids is 2. The maximum atomic E-state index is 12.5. The lowest BCUT2D eigenvalue weighted by Crippen LogP contribution is -2.18. The molecule has 0 radical (unpaired) electrons. The van der Waals surface area contributed by atoms with Crippen LogP contribution in [0, 0.1) is 0 Å². The Hall–Kier alpha value is -3.20. The van der Waals surface area contributed by atoms with Crippen molar-refractivity contribution in [2.24, 2.45) is 0 Å². The Balaban J connectivity index is 1.69. The molecule has 9 heteroatoms. The molecule has 0 saturated carbocycles. The Morgan fingerprint density at radius 1 is 1.30 bits per heavy atom. The minimum Gasteiger partial charge on any atom is -0.477 e. The third-order valence-electron chi connectivity index (χ3n) is 3.45. The zero-order valence-corrected chi connectivity index (χ0v) is 15.6. The minimum absolute atomic E-state index is 0.131. The topological polar surface area (TPSA) is 106 Å². The normalized spacial score (nSPS) is 10.4. The number of carbonyl (C=O) groups is 2. The molecule has 0 bridgehead atoms. The molecule has 0 atom stereocenters. The molecule has 0 aliphatic carbocycles. The zero-order valence-electron chi connectivity index (χ0n) is 14.8. The van der Waals surface area contributed by atoms with Gasteiger partial charge in [0.15, 0.2) is 10.9 Å². The first-order chi connectivity index (χ1) is 13.1. The number of furan rings is 1. The van der Waals surface area contributed by atoms with Gasteiger partial charge in [0.1, 0.15) is 17.0 Å². The van der Waals surface area contributed by atoms with Crippen molar-refractivity contribution in [2.45, 2.75) is 20.4 Å². The Labute approximate surface area is 159 Å². The number of amides is 2. The van der Waals surface area contributed by atoms with Crippen LogP contribution in [-0.2, 0) is 11.3 Å². The number of rotatable bonds is 7. The predicted molar refractivity (Wildman–Crippen MR) is 101 cm³/mol. The fourth-order valence-corrected chi connectivity index (χ4v) is 2.94. The first kappa shape index (κ1) is 18.6. The van der Waals surface area contributed by atoms with E-state index in [1.807, 2.05) is 6.92 Å². The summed E-state index contributed by atoms with van der Waals surface area (Å²) in [5.74, 6) is 0.980. The van der Waals surface area contributed by atoms with Gasteiger partial charge in [-0.25, -0.2) is 9.97 Å². The number of nitrogens with zero attached hydrogens (tertiary/aromatic N) is 2. The second-order valence-electron chi connectivity index (χ2n) is 5.46. The quantitative estimate of drug-likeness (QED) is 0.646. The summed E-state index contributed by atoms with van der Waals surface area (Å²) in [4.78, 5) is 31.9. The lowest BCUT2D eigenvalue weighted by Gasteiger charge is -2.07. The number of hydrogen-bond acceptors (Lipinski definition) is 7. The highest BCUT2D eigenvalue weighted by atomic mass is 32.1. The van der Waals surface area contributed by atoms with Crippen LogP contribution in [0.15, 0.2) is 40.3 Å². The van der Waals surface area contributed by atoms with Gasteiger partial charge in [0.05, 0.1) is 13.2 Å². The van der Waals surface area contributed by atoms with E-state index in [0.29, 0.717) is 41.1 Å². The summed E-state index contributed by atoms with van der Waals surface area (Å²) in [7, 11) is 0. The third-order valence-corrected chi connectivity index (χ3v) is 4.20. The number of pyridine rings is 1. The fraction of sp³-hybridized carbons (Fsp3) is 0.222. The van der Waals surface area contributed by atoms with Gasteiger partial charge in [0.25, 0.3) is 5.91 Å². The molecule has 27 heavy (non-hydrogen) atoms. The summed E-state index contributed by atoms with van der Waals surface area (Å²) in [5.41, 5.74) is 0.937. The molecule has 8 nitrogen and oxygen atoms in total. The average Bonchev–Trinajstić information content (AvgIpc) is 3.30. The van der Waals surface area contributed by atoms with Crippen LogP contribution in [0.3, 0.4) is 0 Å². The van der Waals surface area contributed by atoms with Gasteiger partial charge in [0, 0.05) is 18.5 Å². The molecule has 140 valence electrons. The van der Waals surface area contributed by atoms with E-state index >= 15 is 0 Å². The molecule has 0 aliphatic heterocycles. The van der Waals surface area contributed by atoms with Gasteiger partial charge in [-0.05, 0) is 31.2 Å². The molecule has 3 aromatic rings. The van der Waals surface area contributed by atoms with Crippen LogP contribution in [0.4, 0.5) is 5.13 Å². The van der Waals surface area contributed by atoms with E-state index in [1.165, 1.54) is 18.3 Å². The maximum absolute atomic E-state index is 12.5. The Kier molecular flexibility index (Phi) is 5.82. The molecule has 2 amide bonds. The van der Waals surface area contributed by atoms with Crippen LogP contribution in [0.2, 0.25) is 0 Å². The minimum atomic E-state index is -0.349. The molecule has 2 N–H and O–H groups in total. The van der Waals surface area contributed by atoms with E-state index in [9.17, 15) is 9.59 Å². The van der Waals surface area contributed by atoms with Crippen molar-refractivity contribution in [3.05, 3.63) is 47.2 Å². The standard InChI is InChI=1S/C18H18N4O4S/c1-3-25-17-13(5-4-8-19-17)16(24)22-18-21-14(10-27-18)15-7-6-12(26-15)9-20-11(2)23/h4-8,10H,3,9H2,1-2H3,(H,20,23)(H,21,22,24). The van der Waals surface area contributed by atoms with Crippen LogP contribution < -0.4 is 15.4 Å². The van der Waals surface area contributed by atoms with E-state index in [-0.39, 0.29) is 17.7 Å². The molecular formula is C18H18N4O4S. The lowest BCUT2D eigenvalue weighted by molar-refractivity contribution is -0.119. The summed E-state index contributed by atoms with van der Waals surface area (Å²) >= 11 is 1.28. The van der Waals surface area contributed by atoms with Crippen LogP contribution in [-0.4, -0.2) is 28.4 Å². The second kappa shape index (κ2) is 8.45. The second-order valence-corrected chi connectivity index (χ2v) is 6.31. The predicted octanol–water partition coefficient (Wildman–Crippen LogP) is 3.09. The molecule has 0 unspecified atom stereocenters. The molecule has 0 saturated heterocycles. The van der Waals surface area contributed by atoms with Crippen molar-refractivity contribution in [1.82, 2.24) is 15.3 Å². The smallest absolute Gasteiger partial charge is 0.262 e. The molecular weight excluding hydrogens is 368 g/mol. The van der Waals surface area contributed by atoms with Crippen molar-refractivity contribution >= 4 is 28.3 Å². The van der Waals surface area contributed by atoms with Gasteiger partial charge in [-0.15, -0.1) is 11.3 Å². The molecule has 3 aromatic heterocycles. The van der Waals surface area contributed by atoms with Crippen molar-refractivity contribution in [2.75, 3.05) is 11.9 Å². The summed E-state index contributed by atoms with van der Waals surface area (Å²) in [6, 6.07) is 6.85. The zero-order chi connectivity index (χ0) is 19.2. The summed E-state index contributed by atoms with van der Waals surface area (Å²) in [5, 5.41) is 7.62. The van der Waals surface area contributed by atoms with Gasteiger partial charge in [-0.2, -0.15) is 0 Å². The van der Waals surface area contributed by atoms with Gasteiger partial charge in [-0.1, -0.05) is 0 Å². The molecule has 0 aliphatic rings. The number of aromatic nitrogens is 2. The van der Waals surface area contributed by atoms with Gasteiger partial charge in [-0.3, -0.25) is 14.9 Å². The molecule has 3 rings (SSSR count). The summed E-state index contributed by atoms with van der Waals surface area (Å²) in [6.45, 7) is 3.99. The molecule has 0 aromatic carbocycles. The number of thiazole rings is 1. The van der Waals surface area contributed by atoms with Gasteiger partial charge >= 0.3 is 0 Å². The highest BCUT2D eigenvalue weighted by molar-refractivity contribution is 7.14. The fourth-order valence-electron chi connectivity index (χ4n) is 2.25. The Morgan fingerprint density at radius 2 is 2.15 bits per heavy atom. The number of ether oxygens (including phenoxy) is 1. The maximum Gasteiger partial charge on any atom is 0.262 e. The van der Waals surface area contributed by atoms with E-state index < -0.39 is 0 Å². The van der Waals surface area contributed by atoms with E-state index in [0.717, 1.165) is 0 Å².